The van der Waals surface area contributed by atoms with Crippen molar-refractivity contribution in [1.29, 1.82) is 0 Å². The SMILES string of the molecule is CCNC(=NCc1ccccc1Cn1cccn1)NCCCCN1CCOCC1. The van der Waals surface area contributed by atoms with E-state index < -0.39 is 0 Å². The van der Waals surface area contributed by atoms with Gasteiger partial charge in [0.1, 0.15) is 0 Å². The van der Waals surface area contributed by atoms with Crippen molar-refractivity contribution in [2.75, 3.05) is 45.9 Å². The maximum absolute atomic E-state index is 5.40. The van der Waals surface area contributed by atoms with Gasteiger partial charge in [-0.3, -0.25) is 9.58 Å². The summed E-state index contributed by atoms with van der Waals surface area (Å²) in [5.41, 5.74) is 2.48. The second-order valence-electron chi connectivity index (χ2n) is 7.26. The molecule has 2 aromatic rings. The van der Waals surface area contributed by atoms with Crippen LogP contribution in [0, 0.1) is 0 Å². The first-order chi connectivity index (χ1) is 14.3. The molecule has 0 amide bonds. The minimum absolute atomic E-state index is 0.653. The van der Waals surface area contributed by atoms with Crippen LogP contribution in [0.15, 0.2) is 47.7 Å². The molecule has 0 bridgehead atoms. The molecule has 0 unspecified atom stereocenters. The fourth-order valence-electron chi connectivity index (χ4n) is 3.43. The maximum Gasteiger partial charge on any atom is 0.191 e. The number of nitrogens with zero attached hydrogens (tertiary/aromatic N) is 4. The van der Waals surface area contributed by atoms with E-state index in [1.807, 2.05) is 23.1 Å². The number of morpholine rings is 1. The number of hydrogen-bond donors (Lipinski definition) is 2. The Hall–Kier alpha value is -2.38. The smallest absolute Gasteiger partial charge is 0.191 e. The van der Waals surface area contributed by atoms with Crippen molar-refractivity contribution in [3.63, 3.8) is 0 Å². The Morgan fingerprint density at radius 3 is 2.69 bits per heavy atom. The number of benzene rings is 1. The fourth-order valence-corrected chi connectivity index (χ4v) is 3.43. The monoisotopic (exact) mass is 398 g/mol. The van der Waals surface area contributed by atoms with Crippen molar-refractivity contribution < 1.29 is 4.74 Å². The average molecular weight is 399 g/mol. The second kappa shape index (κ2) is 12.2. The zero-order valence-corrected chi connectivity index (χ0v) is 17.5. The predicted molar refractivity (Wildman–Crippen MR) is 117 cm³/mol. The van der Waals surface area contributed by atoms with Crippen LogP contribution in [0.1, 0.15) is 30.9 Å². The van der Waals surface area contributed by atoms with Crippen LogP contribution < -0.4 is 10.6 Å². The summed E-state index contributed by atoms with van der Waals surface area (Å²) in [6.07, 6.45) is 6.13. The lowest BCUT2D eigenvalue weighted by Crippen LogP contribution is -2.39. The molecule has 3 rings (SSSR count). The summed E-state index contributed by atoms with van der Waals surface area (Å²) in [5.74, 6) is 0.882. The van der Waals surface area contributed by atoms with E-state index in [4.69, 9.17) is 9.73 Å². The molecule has 2 N–H and O–H groups in total. The molecule has 0 saturated carbocycles. The molecule has 7 heteroatoms. The van der Waals surface area contributed by atoms with Crippen molar-refractivity contribution in [1.82, 2.24) is 25.3 Å². The largest absolute Gasteiger partial charge is 0.379 e. The molecule has 1 aromatic carbocycles. The van der Waals surface area contributed by atoms with E-state index in [1.165, 1.54) is 17.5 Å². The summed E-state index contributed by atoms with van der Waals surface area (Å²) in [4.78, 5) is 7.28. The Balaban J connectivity index is 1.46. The normalized spacial score (nSPS) is 15.4. The van der Waals surface area contributed by atoms with E-state index in [0.29, 0.717) is 6.54 Å². The quantitative estimate of drug-likeness (QED) is 0.364. The predicted octanol–water partition coefficient (Wildman–Crippen LogP) is 2.10. The number of aliphatic imine (C=N–C) groups is 1. The summed E-state index contributed by atoms with van der Waals surface area (Å²) in [6.45, 7) is 10.3. The van der Waals surface area contributed by atoms with Gasteiger partial charge in [0.15, 0.2) is 5.96 Å². The van der Waals surface area contributed by atoms with Gasteiger partial charge in [0.2, 0.25) is 0 Å². The number of nitrogens with one attached hydrogen (secondary N) is 2. The Labute approximate surface area is 174 Å². The summed E-state index contributed by atoms with van der Waals surface area (Å²) in [5, 5.41) is 11.1. The fraction of sp³-hybridized carbons (Fsp3) is 0.545. The first-order valence-electron chi connectivity index (χ1n) is 10.7. The highest BCUT2D eigenvalue weighted by Crippen LogP contribution is 2.11. The van der Waals surface area contributed by atoms with E-state index in [0.717, 1.165) is 64.9 Å². The molecule has 1 saturated heterocycles. The van der Waals surface area contributed by atoms with Gasteiger partial charge in [-0.2, -0.15) is 5.10 Å². The molecule has 29 heavy (non-hydrogen) atoms. The van der Waals surface area contributed by atoms with Crippen molar-refractivity contribution in [3.8, 4) is 0 Å². The topological polar surface area (TPSA) is 66.7 Å². The number of aromatic nitrogens is 2. The summed E-state index contributed by atoms with van der Waals surface area (Å²) in [7, 11) is 0. The van der Waals surface area contributed by atoms with Gasteiger partial charge in [0.05, 0.1) is 26.3 Å². The minimum Gasteiger partial charge on any atom is -0.379 e. The van der Waals surface area contributed by atoms with Crippen molar-refractivity contribution in [2.24, 2.45) is 4.99 Å². The number of ether oxygens (including phenoxy) is 1. The number of unbranched alkanes of at least 4 members (excludes halogenated alkanes) is 1. The molecule has 0 aliphatic carbocycles. The first kappa shape index (κ1) is 21.3. The van der Waals surface area contributed by atoms with Gasteiger partial charge in [0.25, 0.3) is 0 Å². The molecular weight excluding hydrogens is 364 g/mol. The number of guanidine groups is 1. The van der Waals surface area contributed by atoms with Crippen LogP contribution in [-0.4, -0.2) is 66.6 Å². The molecule has 1 aliphatic heterocycles. The van der Waals surface area contributed by atoms with Gasteiger partial charge in [-0.25, -0.2) is 4.99 Å². The van der Waals surface area contributed by atoms with Crippen molar-refractivity contribution >= 4 is 5.96 Å². The lowest BCUT2D eigenvalue weighted by atomic mass is 10.1. The molecule has 0 radical (unpaired) electrons. The summed E-state index contributed by atoms with van der Waals surface area (Å²) in [6, 6.07) is 10.4. The van der Waals surface area contributed by atoms with Gasteiger partial charge < -0.3 is 15.4 Å². The average Bonchev–Trinajstić information content (AvgIpc) is 3.26. The highest BCUT2D eigenvalue weighted by Gasteiger charge is 2.09. The summed E-state index contributed by atoms with van der Waals surface area (Å²) >= 11 is 0. The van der Waals surface area contributed by atoms with E-state index in [1.54, 1.807) is 0 Å². The van der Waals surface area contributed by atoms with Gasteiger partial charge in [-0.05, 0) is 43.5 Å². The van der Waals surface area contributed by atoms with Gasteiger partial charge >= 0.3 is 0 Å². The van der Waals surface area contributed by atoms with Crippen LogP contribution in [0.3, 0.4) is 0 Å². The Kier molecular flexibility index (Phi) is 9.00. The van der Waals surface area contributed by atoms with E-state index in [9.17, 15) is 0 Å². The molecule has 0 atom stereocenters. The van der Waals surface area contributed by atoms with E-state index >= 15 is 0 Å². The van der Waals surface area contributed by atoms with Crippen LogP contribution in [0.25, 0.3) is 0 Å². The molecule has 1 aromatic heterocycles. The van der Waals surface area contributed by atoms with E-state index in [-0.39, 0.29) is 0 Å². The van der Waals surface area contributed by atoms with Crippen LogP contribution in [0.5, 0.6) is 0 Å². The van der Waals surface area contributed by atoms with Crippen molar-refractivity contribution in [2.45, 2.75) is 32.9 Å². The lowest BCUT2D eigenvalue weighted by molar-refractivity contribution is 0.0372. The molecule has 2 heterocycles. The van der Waals surface area contributed by atoms with Gasteiger partial charge in [-0.15, -0.1) is 0 Å². The van der Waals surface area contributed by atoms with Crippen molar-refractivity contribution in [3.05, 3.63) is 53.9 Å². The Morgan fingerprint density at radius 2 is 1.93 bits per heavy atom. The van der Waals surface area contributed by atoms with Crippen LogP contribution >= 0.6 is 0 Å². The zero-order chi connectivity index (χ0) is 20.2. The molecule has 0 spiro atoms. The number of rotatable bonds is 10. The molecule has 1 fully saturated rings. The summed E-state index contributed by atoms with van der Waals surface area (Å²) < 4.78 is 7.35. The zero-order valence-electron chi connectivity index (χ0n) is 17.5. The first-order valence-corrected chi connectivity index (χ1v) is 10.7. The van der Waals surface area contributed by atoms with Crippen LogP contribution in [0.4, 0.5) is 0 Å². The number of hydrogen-bond acceptors (Lipinski definition) is 4. The Morgan fingerprint density at radius 1 is 1.10 bits per heavy atom. The third kappa shape index (κ3) is 7.51. The lowest BCUT2D eigenvalue weighted by Gasteiger charge is -2.26. The van der Waals surface area contributed by atoms with Crippen LogP contribution in [0.2, 0.25) is 0 Å². The minimum atomic E-state index is 0.653. The molecule has 7 nitrogen and oxygen atoms in total. The third-order valence-electron chi connectivity index (χ3n) is 5.06. The third-order valence-corrected chi connectivity index (χ3v) is 5.06. The molecule has 158 valence electrons. The molecular formula is C22H34N6O. The highest BCUT2D eigenvalue weighted by atomic mass is 16.5. The Bertz CT molecular complexity index is 725. The molecule has 1 aliphatic rings. The van der Waals surface area contributed by atoms with Crippen LogP contribution in [-0.2, 0) is 17.8 Å². The van der Waals surface area contributed by atoms with Gasteiger partial charge in [0, 0.05) is 38.6 Å². The van der Waals surface area contributed by atoms with Gasteiger partial charge in [-0.1, -0.05) is 24.3 Å². The second-order valence-corrected chi connectivity index (χ2v) is 7.26. The maximum atomic E-state index is 5.40. The highest BCUT2D eigenvalue weighted by molar-refractivity contribution is 5.79. The van der Waals surface area contributed by atoms with E-state index in [2.05, 4.69) is 51.8 Å². The standard InChI is InChI=1S/C22H34N6O/c1-2-23-22(24-10-5-6-12-27-14-16-29-17-15-27)25-18-20-8-3-4-9-21(20)19-28-13-7-11-26-28/h3-4,7-9,11,13H,2,5-6,10,12,14-19H2,1H3,(H2,23,24,25).